The lowest BCUT2D eigenvalue weighted by atomic mass is 10.3. The number of hydrogen-bond acceptors (Lipinski definition) is 5. The minimum atomic E-state index is 0.610. The molecule has 4 nitrogen and oxygen atoms in total. The van der Waals surface area contributed by atoms with Crippen LogP contribution < -0.4 is 10.1 Å². The Morgan fingerprint density at radius 3 is 2.63 bits per heavy atom. The smallest absolute Gasteiger partial charge is 0.218 e. The quantitative estimate of drug-likeness (QED) is 0.909. The van der Waals surface area contributed by atoms with Gasteiger partial charge in [-0.25, -0.2) is 4.98 Å². The van der Waals surface area contributed by atoms with E-state index in [4.69, 9.17) is 4.74 Å². The second-order valence-corrected chi connectivity index (χ2v) is 5.72. The Bertz CT molecular complexity index is 546. The summed E-state index contributed by atoms with van der Waals surface area (Å²) >= 11 is 1.82. The average Bonchev–Trinajstić information content (AvgIpc) is 2.66. The van der Waals surface area contributed by atoms with Crippen LogP contribution in [0.2, 0.25) is 0 Å². The van der Waals surface area contributed by atoms with E-state index in [1.807, 2.05) is 31.3 Å². The molecular weight excluding hydrogens is 258 g/mol. The van der Waals surface area contributed by atoms with Gasteiger partial charge in [0.1, 0.15) is 11.6 Å². The molecular formula is C14H19N3OS. The van der Waals surface area contributed by atoms with Crippen LogP contribution in [0.5, 0.6) is 5.88 Å². The van der Waals surface area contributed by atoms with Crippen LogP contribution in [0.3, 0.4) is 0 Å². The molecule has 0 fully saturated rings. The van der Waals surface area contributed by atoms with Gasteiger partial charge in [-0.2, -0.15) is 4.98 Å². The maximum absolute atomic E-state index is 5.41. The monoisotopic (exact) mass is 277 g/mol. The van der Waals surface area contributed by atoms with Gasteiger partial charge in [0.05, 0.1) is 13.2 Å². The van der Waals surface area contributed by atoms with Gasteiger partial charge < -0.3 is 10.1 Å². The van der Waals surface area contributed by atoms with Crippen LogP contribution in [0, 0.1) is 20.8 Å². The van der Waals surface area contributed by atoms with Gasteiger partial charge in [-0.1, -0.05) is 0 Å². The van der Waals surface area contributed by atoms with Crippen molar-refractivity contribution < 1.29 is 4.74 Å². The lowest BCUT2D eigenvalue weighted by Gasteiger charge is -2.07. The van der Waals surface area contributed by atoms with Crippen molar-refractivity contribution in [2.45, 2.75) is 34.2 Å². The third-order valence-corrected chi connectivity index (χ3v) is 3.92. The van der Waals surface area contributed by atoms with Crippen LogP contribution in [-0.4, -0.2) is 16.6 Å². The highest BCUT2D eigenvalue weighted by Crippen LogP contribution is 2.22. The zero-order valence-corrected chi connectivity index (χ0v) is 12.6. The van der Waals surface area contributed by atoms with Gasteiger partial charge in [0.15, 0.2) is 0 Å². The van der Waals surface area contributed by atoms with E-state index in [0.29, 0.717) is 18.3 Å². The molecule has 0 radical (unpaired) electrons. The van der Waals surface area contributed by atoms with Gasteiger partial charge in [0, 0.05) is 15.8 Å². The fourth-order valence-electron chi connectivity index (χ4n) is 1.77. The van der Waals surface area contributed by atoms with Crippen molar-refractivity contribution in [3.05, 3.63) is 33.3 Å². The Kier molecular flexibility index (Phi) is 4.37. The molecule has 0 saturated heterocycles. The first-order valence-corrected chi connectivity index (χ1v) is 7.18. The third kappa shape index (κ3) is 3.67. The number of nitrogens with zero attached hydrogens (tertiary/aromatic N) is 2. The highest BCUT2D eigenvalue weighted by Gasteiger charge is 2.04. The lowest BCUT2D eigenvalue weighted by molar-refractivity contribution is 0.325. The molecule has 102 valence electrons. The number of aryl methyl sites for hydroxylation is 3. The molecule has 0 aliphatic carbocycles. The number of hydrogen-bond donors (Lipinski definition) is 1. The number of aromatic nitrogens is 2. The fraction of sp³-hybridized carbons (Fsp3) is 0.429. The number of anilines is 1. The minimum absolute atomic E-state index is 0.610. The Hall–Kier alpha value is -1.62. The molecule has 5 heteroatoms. The molecule has 2 aromatic heterocycles. The SMILES string of the molecule is CCOc1cc(NCc2cc(C)c(C)s2)nc(C)n1. The van der Waals surface area contributed by atoms with Gasteiger partial charge in [0.2, 0.25) is 5.88 Å². The second kappa shape index (κ2) is 6.02. The van der Waals surface area contributed by atoms with E-state index in [1.165, 1.54) is 15.3 Å². The van der Waals surface area contributed by atoms with Crippen molar-refractivity contribution in [3.63, 3.8) is 0 Å². The van der Waals surface area contributed by atoms with Crippen LogP contribution in [0.4, 0.5) is 5.82 Å². The van der Waals surface area contributed by atoms with Crippen molar-refractivity contribution in [2.24, 2.45) is 0 Å². The maximum atomic E-state index is 5.41. The van der Waals surface area contributed by atoms with Crippen molar-refractivity contribution in [1.82, 2.24) is 9.97 Å². The Morgan fingerprint density at radius 2 is 2.00 bits per heavy atom. The minimum Gasteiger partial charge on any atom is -0.478 e. The van der Waals surface area contributed by atoms with Crippen molar-refractivity contribution >= 4 is 17.2 Å². The normalized spacial score (nSPS) is 10.5. The molecule has 0 saturated carbocycles. The summed E-state index contributed by atoms with van der Waals surface area (Å²) in [4.78, 5) is 11.3. The second-order valence-electron chi connectivity index (χ2n) is 4.38. The lowest BCUT2D eigenvalue weighted by Crippen LogP contribution is -2.04. The predicted molar refractivity (Wildman–Crippen MR) is 79.1 cm³/mol. The standard InChI is InChI=1S/C14H19N3OS/c1-5-18-14-7-13(16-11(4)17-14)15-8-12-6-9(2)10(3)19-12/h6-7H,5,8H2,1-4H3,(H,15,16,17). The molecule has 2 heterocycles. The maximum Gasteiger partial charge on any atom is 0.218 e. The molecule has 0 spiro atoms. The fourth-order valence-corrected chi connectivity index (χ4v) is 2.76. The van der Waals surface area contributed by atoms with E-state index in [1.54, 1.807) is 0 Å². The van der Waals surface area contributed by atoms with Crippen molar-refractivity contribution in [2.75, 3.05) is 11.9 Å². The van der Waals surface area contributed by atoms with E-state index in [-0.39, 0.29) is 0 Å². The molecule has 0 atom stereocenters. The van der Waals surface area contributed by atoms with Crippen LogP contribution in [-0.2, 0) is 6.54 Å². The summed E-state index contributed by atoms with van der Waals surface area (Å²) in [5, 5.41) is 3.32. The van der Waals surface area contributed by atoms with E-state index in [9.17, 15) is 0 Å². The molecule has 0 unspecified atom stereocenters. The highest BCUT2D eigenvalue weighted by atomic mass is 32.1. The number of thiophene rings is 1. The highest BCUT2D eigenvalue weighted by molar-refractivity contribution is 7.12. The van der Waals surface area contributed by atoms with Crippen molar-refractivity contribution in [1.29, 1.82) is 0 Å². The van der Waals surface area contributed by atoms with E-state index < -0.39 is 0 Å². The summed E-state index contributed by atoms with van der Waals surface area (Å²) in [5.41, 5.74) is 1.34. The molecule has 0 aromatic carbocycles. The third-order valence-electron chi connectivity index (χ3n) is 2.77. The summed E-state index contributed by atoms with van der Waals surface area (Å²) in [5.74, 6) is 2.14. The predicted octanol–water partition coefficient (Wildman–Crippen LogP) is 3.47. The summed E-state index contributed by atoms with van der Waals surface area (Å²) in [6.45, 7) is 9.48. The number of rotatable bonds is 5. The molecule has 0 bridgehead atoms. The van der Waals surface area contributed by atoms with E-state index in [2.05, 4.69) is 35.2 Å². The zero-order chi connectivity index (χ0) is 13.8. The van der Waals surface area contributed by atoms with Crippen LogP contribution >= 0.6 is 11.3 Å². The first-order chi connectivity index (χ1) is 9.08. The first kappa shape index (κ1) is 13.8. The van der Waals surface area contributed by atoms with E-state index in [0.717, 1.165) is 12.4 Å². The summed E-state index contributed by atoms with van der Waals surface area (Å²) in [6, 6.07) is 4.05. The van der Waals surface area contributed by atoms with Gasteiger partial charge in [-0.3, -0.25) is 0 Å². The number of ether oxygens (including phenoxy) is 1. The Balaban J connectivity index is 2.06. The topological polar surface area (TPSA) is 47.0 Å². The van der Waals surface area contributed by atoms with Crippen LogP contribution in [0.25, 0.3) is 0 Å². The zero-order valence-electron chi connectivity index (χ0n) is 11.8. The van der Waals surface area contributed by atoms with Gasteiger partial charge in [-0.15, -0.1) is 11.3 Å². The largest absolute Gasteiger partial charge is 0.478 e. The van der Waals surface area contributed by atoms with Crippen molar-refractivity contribution in [3.8, 4) is 5.88 Å². The molecule has 0 aliphatic heterocycles. The summed E-state index contributed by atoms with van der Waals surface area (Å²) in [7, 11) is 0. The van der Waals surface area contributed by atoms with Gasteiger partial charge in [0.25, 0.3) is 0 Å². The number of nitrogens with one attached hydrogen (secondary N) is 1. The summed E-state index contributed by atoms with van der Waals surface area (Å²) < 4.78 is 5.41. The molecule has 0 aliphatic rings. The van der Waals surface area contributed by atoms with Crippen LogP contribution in [0.15, 0.2) is 12.1 Å². The van der Waals surface area contributed by atoms with Gasteiger partial charge in [-0.05, 0) is 39.3 Å². The molecule has 0 amide bonds. The first-order valence-electron chi connectivity index (χ1n) is 6.36. The average molecular weight is 277 g/mol. The summed E-state index contributed by atoms with van der Waals surface area (Å²) in [6.07, 6.45) is 0. The molecule has 2 aromatic rings. The van der Waals surface area contributed by atoms with Crippen LogP contribution in [0.1, 0.15) is 28.1 Å². The molecule has 2 rings (SSSR count). The molecule has 19 heavy (non-hydrogen) atoms. The van der Waals surface area contributed by atoms with Gasteiger partial charge >= 0.3 is 0 Å². The Labute approximate surface area is 117 Å². The van der Waals surface area contributed by atoms with E-state index >= 15 is 0 Å². The Morgan fingerprint density at radius 1 is 1.21 bits per heavy atom. The molecule has 1 N–H and O–H groups in total.